The Bertz CT molecular complexity index is 525. The summed E-state index contributed by atoms with van der Waals surface area (Å²) in [5.74, 6) is 0.0677. The molecule has 1 aliphatic rings. The zero-order valence-electron chi connectivity index (χ0n) is 12.1. The van der Waals surface area contributed by atoms with E-state index in [0.29, 0.717) is 16.5 Å². The van der Waals surface area contributed by atoms with Crippen LogP contribution in [0.1, 0.15) is 43.0 Å². The summed E-state index contributed by atoms with van der Waals surface area (Å²) in [6.07, 6.45) is 2.34. The van der Waals surface area contributed by atoms with E-state index >= 15 is 0 Å². The van der Waals surface area contributed by atoms with E-state index in [9.17, 15) is 14.7 Å². The summed E-state index contributed by atoms with van der Waals surface area (Å²) >= 11 is 5.77. The van der Waals surface area contributed by atoms with Gasteiger partial charge in [-0.3, -0.25) is 9.59 Å². The summed E-state index contributed by atoms with van der Waals surface area (Å²) in [4.78, 5) is 23.9. The van der Waals surface area contributed by atoms with Gasteiger partial charge in [0.15, 0.2) is 5.78 Å². The van der Waals surface area contributed by atoms with Crippen molar-refractivity contribution < 1.29 is 14.7 Å². The number of aliphatic hydroxyl groups is 1. The van der Waals surface area contributed by atoms with Crippen molar-refractivity contribution in [3.8, 4) is 0 Å². The van der Waals surface area contributed by atoms with Crippen molar-refractivity contribution in [2.75, 3.05) is 6.61 Å². The smallest absolute Gasteiger partial charge is 0.220 e. The van der Waals surface area contributed by atoms with Crippen LogP contribution < -0.4 is 5.32 Å². The molecule has 1 unspecified atom stereocenters. The normalized spacial score (nSPS) is 17.1. The number of nitrogens with one attached hydrogen (secondary N) is 1. The summed E-state index contributed by atoms with van der Waals surface area (Å²) in [6.45, 7) is 1.78. The van der Waals surface area contributed by atoms with Crippen molar-refractivity contribution in [1.82, 2.24) is 5.32 Å². The van der Waals surface area contributed by atoms with Gasteiger partial charge in [0.1, 0.15) is 0 Å². The van der Waals surface area contributed by atoms with Gasteiger partial charge in [-0.1, -0.05) is 11.6 Å². The van der Waals surface area contributed by atoms with Crippen LogP contribution in [0.3, 0.4) is 0 Å². The van der Waals surface area contributed by atoms with Crippen molar-refractivity contribution in [1.29, 1.82) is 0 Å². The highest BCUT2D eigenvalue weighted by Crippen LogP contribution is 2.39. The Hall–Kier alpha value is -1.39. The number of halogens is 1. The molecule has 0 radical (unpaired) electrons. The topological polar surface area (TPSA) is 66.4 Å². The van der Waals surface area contributed by atoms with Gasteiger partial charge in [-0.05, 0) is 49.9 Å². The molecule has 0 saturated heterocycles. The molecule has 0 aromatic heterocycles. The average Bonchev–Trinajstić information content (AvgIpc) is 3.30. The number of hydrogen-bond acceptors (Lipinski definition) is 3. The number of amides is 1. The lowest BCUT2D eigenvalue weighted by Crippen LogP contribution is -2.50. The first kappa shape index (κ1) is 16.0. The van der Waals surface area contributed by atoms with Gasteiger partial charge in [0.2, 0.25) is 5.91 Å². The van der Waals surface area contributed by atoms with E-state index in [1.165, 1.54) is 0 Å². The number of carbonyl (C=O) groups is 2. The lowest BCUT2D eigenvalue weighted by Gasteiger charge is -2.28. The van der Waals surface area contributed by atoms with Gasteiger partial charge >= 0.3 is 0 Å². The summed E-state index contributed by atoms with van der Waals surface area (Å²) in [5, 5.41) is 12.9. The molecule has 4 nitrogen and oxygen atoms in total. The molecule has 1 amide bonds. The largest absolute Gasteiger partial charge is 0.394 e. The molecule has 2 rings (SSSR count). The first-order chi connectivity index (χ1) is 9.94. The number of rotatable bonds is 7. The third kappa shape index (κ3) is 4.29. The number of hydrogen-bond donors (Lipinski definition) is 2. The van der Waals surface area contributed by atoms with Gasteiger partial charge < -0.3 is 10.4 Å². The molecule has 5 heteroatoms. The van der Waals surface area contributed by atoms with Gasteiger partial charge in [-0.2, -0.15) is 0 Å². The van der Waals surface area contributed by atoms with Crippen molar-refractivity contribution in [2.24, 2.45) is 5.92 Å². The van der Waals surface area contributed by atoms with E-state index in [-0.39, 0.29) is 31.1 Å². The Labute approximate surface area is 129 Å². The van der Waals surface area contributed by atoms with E-state index in [2.05, 4.69) is 5.32 Å². The van der Waals surface area contributed by atoms with Gasteiger partial charge in [-0.25, -0.2) is 0 Å². The predicted octanol–water partition coefficient (Wildman–Crippen LogP) is 2.58. The standard InChI is InChI=1S/C16H20ClNO3/c1-16(10-19,12-4-5-12)18-15(21)9-8-14(20)11-2-6-13(17)7-3-11/h2-3,6-7,12,19H,4-5,8-10H2,1H3,(H,18,21). The highest BCUT2D eigenvalue weighted by molar-refractivity contribution is 6.30. The van der Waals surface area contributed by atoms with Crippen LogP contribution >= 0.6 is 11.6 Å². The summed E-state index contributed by atoms with van der Waals surface area (Å²) < 4.78 is 0. The zero-order chi connectivity index (χ0) is 15.5. The van der Waals surface area contributed by atoms with E-state index in [1.54, 1.807) is 24.3 Å². The Morgan fingerprint density at radius 3 is 2.43 bits per heavy atom. The Balaban J connectivity index is 1.83. The van der Waals surface area contributed by atoms with E-state index in [0.717, 1.165) is 12.8 Å². The number of aliphatic hydroxyl groups excluding tert-OH is 1. The van der Waals surface area contributed by atoms with Gasteiger partial charge in [0.25, 0.3) is 0 Å². The van der Waals surface area contributed by atoms with E-state index in [1.807, 2.05) is 6.92 Å². The second-order valence-corrected chi connectivity index (χ2v) is 6.26. The molecule has 1 fully saturated rings. The SMILES string of the molecule is CC(CO)(NC(=O)CCC(=O)c1ccc(Cl)cc1)C1CC1. The van der Waals surface area contributed by atoms with Crippen molar-refractivity contribution in [3.63, 3.8) is 0 Å². The van der Waals surface area contributed by atoms with Crippen LogP contribution in [0.5, 0.6) is 0 Å². The van der Waals surface area contributed by atoms with Crippen molar-refractivity contribution in [2.45, 2.75) is 38.1 Å². The molecule has 1 aromatic rings. The molecule has 1 saturated carbocycles. The third-order valence-electron chi connectivity index (χ3n) is 3.98. The average molecular weight is 310 g/mol. The molecule has 1 atom stereocenters. The molecule has 0 spiro atoms. The molecule has 114 valence electrons. The Kier molecular flexibility index (Phi) is 5.01. The van der Waals surface area contributed by atoms with Crippen LogP contribution in [0.4, 0.5) is 0 Å². The molecule has 0 aliphatic heterocycles. The minimum atomic E-state index is -0.555. The molecule has 0 bridgehead atoms. The molecule has 21 heavy (non-hydrogen) atoms. The number of carbonyl (C=O) groups excluding carboxylic acids is 2. The van der Waals surface area contributed by atoms with Crippen LogP contribution in [0.2, 0.25) is 5.02 Å². The highest BCUT2D eigenvalue weighted by Gasteiger charge is 2.42. The second kappa shape index (κ2) is 6.58. The molecule has 1 aliphatic carbocycles. The number of benzene rings is 1. The summed E-state index contributed by atoms with van der Waals surface area (Å²) in [7, 11) is 0. The second-order valence-electron chi connectivity index (χ2n) is 5.83. The highest BCUT2D eigenvalue weighted by atomic mass is 35.5. The first-order valence-electron chi connectivity index (χ1n) is 7.15. The van der Waals surface area contributed by atoms with Gasteiger partial charge in [-0.15, -0.1) is 0 Å². The molecular weight excluding hydrogens is 290 g/mol. The maximum atomic E-state index is 12.0. The maximum absolute atomic E-state index is 12.0. The Morgan fingerprint density at radius 2 is 1.90 bits per heavy atom. The summed E-state index contributed by atoms with van der Waals surface area (Å²) in [6, 6.07) is 6.63. The predicted molar refractivity (Wildman–Crippen MR) is 81.4 cm³/mol. The molecule has 2 N–H and O–H groups in total. The Morgan fingerprint density at radius 1 is 1.29 bits per heavy atom. The van der Waals surface area contributed by atoms with Crippen LogP contribution in [-0.4, -0.2) is 28.9 Å². The molecule has 0 heterocycles. The molecule has 1 aromatic carbocycles. The fourth-order valence-electron chi connectivity index (χ4n) is 2.38. The monoisotopic (exact) mass is 309 g/mol. The zero-order valence-corrected chi connectivity index (χ0v) is 12.8. The lowest BCUT2D eigenvalue weighted by molar-refractivity contribution is -0.123. The minimum Gasteiger partial charge on any atom is -0.394 e. The fraction of sp³-hybridized carbons (Fsp3) is 0.500. The first-order valence-corrected chi connectivity index (χ1v) is 7.53. The molecular formula is C16H20ClNO3. The van der Waals surface area contributed by atoms with Crippen LogP contribution in [0.15, 0.2) is 24.3 Å². The lowest BCUT2D eigenvalue weighted by atomic mass is 9.96. The van der Waals surface area contributed by atoms with Crippen molar-refractivity contribution >= 4 is 23.3 Å². The number of Topliss-reactive ketones (excluding diaryl/α,β-unsaturated/α-hetero) is 1. The van der Waals surface area contributed by atoms with E-state index in [4.69, 9.17) is 11.6 Å². The summed E-state index contributed by atoms with van der Waals surface area (Å²) in [5.41, 5.74) is -0.000236. The van der Waals surface area contributed by atoms with Gasteiger partial charge in [0, 0.05) is 23.4 Å². The minimum absolute atomic E-state index is 0.0749. The quantitative estimate of drug-likeness (QED) is 0.761. The van der Waals surface area contributed by atoms with Crippen LogP contribution in [0.25, 0.3) is 0 Å². The van der Waals surface area contributed by atoms with Gasteiger partial charge in [0.05, 0.1) is 12.1 Å². The van der Waals surface area contributed by atoms with E-state index < -0.39 is 5.54 Å². The maximum Gasteiger partial charge on any atom is 0.220 e. The van der Waals surface area contributed by atoms with Crippen LogP contribution in [-0.2, 0) is 4.79 Å². The fourth-order valence-corrected chi connectivity index (χ4v) is 2.51. The van der Waals surface area contributed by atoms with Crippen LogP contribution in [0, 0.1) is 5.92 Å². The third-order valence-corrected chi connectivity index (χ3v) is 4.23. The number of ketones is 1. The van der Waals surface area contributed by atoms with Crippen molar-refractivity contribution in [3.05, 3.63) is 34.9 Å².